The minimum Gasteiger partial charge on any atom is -0.456 e. The van der Waals surface area contributed by atoms with Crippen molar-refractivity contribution in [2.75, 3.05) is 11.9 Å². The molecule has 1 aromatic heterocycles. The number of aromatic nitrogens is 1. The van der Waals surface area contributed by atoms with Crippen LogP contribution in [0.4, 0.5) is 5.82 Å². The Morgan fingerprint density at radius 3 is 2.68 bits per heavy atom. The van der Waals surface area contributed by atoms with Crippen LogP contribution in [-0.4, -0.2) is 23.6 Å². The summed E-state index contributed by atoms with van der Waals surface area (Å²) in [5.41, 5.74) is 1.06. The molecule has 116 valence electrons. The molecule has 0 aliphatic heterocycles. The Balaban J connectivity index is 1.74. The highest BCUT2D eigenvalue weighted by Gasteiger charge is 2.14. The Labute approximate surface area is 128 Å². The van der Waals surface area contributed by atoms with Crippen LogP contribution in [0.5, 0.6) is 0 Å². The minimum absolute atomic E-state index is 0.0370. The highest BCUT2D eigenvalue weighted by Crippen LogP contribution is 2.18. The topological polar surface area (TPSA) is 81.4 Å². The molecule has 2 aromatic rings. The lowest BCUT2D eigenvalue weighted by Gasteiger charge is -2.11. The van der Waals surface area contributed by atoms with E-state index >= 15 is 0 Å². The Morgan fingerprint density at radius 1 is 1.32 bits per heavy atom. The van der Waals surface area contributed by atoms with Gasteiger partial charge in [-0.2, -0.15) is 0 Å². The smallest absolute Gasteiger partial charge is 0.306 e. The molecule has 1 heterocycles. The highest BCUT2D eigenvalue weighted by molar-refractivity contribution is 5.91. The number of anilines is 1. The van der Waals surface area contributed by atoms with E-state index in [1.54, 1.807) is 13.0 Å². The van der Waals surface area contributed by atoms with E-state index in [2.05, 4.69) is 10.5 Å². The second-order valence-corrected chi connectivity index (χ2v) is 5.05. The van der Waals surface area contributed by atoms with Gasteiger partial charge in [0.05, 0.1) is 6.42 Å². The SMILES string of the molecule is Cc1cc(NC(=O)COC(=O)C[C@@H](C)c2ccccc2)no1. The van der Waals surface area contributed by atoms with Gasteiger partial charge in [0, 0.05) is 6.07 Å². The Hall–Kier alpha value is -2.63. The van der Waals surface area contributed by atoms with Gasteiger partial charge in [-0.05, 0) is 18.4 Å². The van der Waals surface area contributed by atoms with Gasteiger partial charge in [0.1, 0.15) is 5.76 Å². The number of nitrogens with zero attached hydrogens (tertiary/aromatic N) is 1. The number of hydrogen-bond acceptors (Lipinski definition) is 5. The van der Waals surface area contributed by atoms with E-state index in [0.29, 0.717) is 11.6 Å². The summed E-state index contributed by atoms with van der Waals surface area (Å²) in [7, 11) is 0. The van der Waals surface area contributed by atoms with Crippen molar-refractivity contribution in [1.29, 1.82) is 0 Å². The third-order valence-corrected chi connectivity index (χ3v) is 3.10. The van der Waals surface area contributed by atoms with E-state index in [4.69, 9.17) is 9.26 Å². The van der Waals surface area contributed by atoms with Crippen molar-refractivity contribution in [3.63, 3.8) is 0 Å². The van der Waals surface area contributed by atoms with Crippen LogP contribution in [0.1, 0.15) is 30.6 Å². The van der Waals surface area contributed by atoms with Crippen molar-refractivity contribution < 1.29 is 18.8 Å². The molecule has 22 heavy (non-hydrogen) atoms. The van der Waals surface area contributed by atoms with Gasteiger partial charge >= 0.3 is 5.97 Å². The molecule has 0 saturated heterocycles. The number of aryl methyl sites for hydroxylation is 1. The zero-order valence-electron chi connectivity index (χ0n) is 12.5. The normalized spacial score (nSPS) is 11.7. The van der Waals surface area contributed by atoms with Crippen LogP contribution >= 0.6 is 0 Å². The first kappa shape index (κ1) is 15.8. The maximum Gasteiger partial charge on any atom is 0.306 e. The molecule has 0 fully saturated rings. The average Bonchev–Trinajstić information content (AvgIpc) is 2.91. The predicted octanol–water partition coefficient (Wildman–Crippen LogP) is 2.66. The number of rotatable bonds is 6. The first-order chi connectivity index (χ1) is 10.5. The molecule has 0 unspecified atom stereocenters. The summed E-state index contributed by atoms with van der Waals surface area (Å²) in [5, 5.41) is 6.11. The molecular weight excluding hydrogens is 284 g/mol. The number of hydrogen-bond donors (Lipinski definition) is 1. The molecule has 0 saturated carbocycles. The van der Waals surface area contributed by atoms with Crippen molar-refractivity contribution in [1.82, 2.24) is 5.16 Å². The standard InChI is InChI=1S/C16H18N2O4/c1-11(13-6-4-3-5-7-13)8-16(20)21-10-15(19)17-14-9-12(2)22-18-14/h3-7,9,11H,8,10H2,1-2H3,(H,17,18,19)/t11-/m1/s1. The summed E-state index contributed by atoms with van der Waals surface area (Å²) in [6.45, 7) is 3.31. The fraction of sp³-hybridized carbons (Fsp3) is 0.312. The van der Waals surface area contributed by atoms with Gasteiger partial charge in [-0.3, -0.25) is 9.59 Å². The summed E-state index contributed by atoms with van der Waals surface area (Å²) in [5.74, 6) is 0.0620. The van der Waals surface area contributed by atoms with Gasteiger partial charge in [0.25, 0.3) is 5.91 Å². The zero-order valence-corrected chi connectivity index (χ0v) is 12.5. The summed E-state index contributed by atoms with van der Waals surface area (Å²) in [6, 6.07) is 11.3. The molecule has 1 aromatic carbocycles. The van der Waals surface area contributed by atoms with Crippen LogP contribution in [-0.2, 0) is 14.3 Å². The molecule has 2 rings (SSSR count). The molecule has 0 aliphatic carbocycles. The summed E-state index contributed by atoms with van der Waals surface area (Å²) >= 11 is 0. The molecule has 1 amide bonds. The third-order valence-electron chi connectivity index (χ3n) is 3.10. The number of carbonyl (C=O) groups is 2. The minimum atomic E-state index is -0.450. The van der Waals surface area contributed by atoms with E-state index in [0.717, 1.165) is 5.56 Å². The van der Waals surface area contributed by atoms with Gasteiger partial charge in [0.15, 0.2) is 12.4 Å². The summed E-state index contributed by atoms with van der Waals surface area (Å²) in [6.07, 6.45) is 0.223. The second-order valence-electron chi connectivity index (χ2n) is 5.05. The number of carbonyl (C=O) groups excluding carboxylic acids is 2. The van der Waals surface area contributed by atoms with Crippen molar-refractivity contribution in [2.45, 2.75) is 26.2 Å². The molecule has 1 N–H and O–H groups in total. The van der Waals surface area contributed by atoms with E-state index in [9.17, 15) is 9.59 Å². The fourth-order valence-electron chi connectivity index (χ4n) is 1.96. The van der Waals surface area contributed by atoms with Crippen LogP contribution in [0.15, 0.2) is 40.9 Å². The number of benzene rings is 1. The Bertz CT molecular complexity index is 637. The monoisotopic (exact) mass is 302 g/mol. The first-order valence-electron chi connectivity index (χ1n) is 6.98. The number of ether oxygens (including phenoxy) is 1. The molecule has 0 aliphatic rings. The lowest BCUT2D eigenvalue weighted by Crippen LogP contribution is -2.21. The number of amides is 1. The molecule has 0 radical (unpaired) electrons. The highest BCUT2D eigenvalue weighted by atomic mass is 16.5. The largest absolute Gasteiger partial charge is 0.456 e. The van der Waals surface area contributed by atoms with Crippen molar-refractivity contribution in [3.05, 3.63) is 47.7 Å². The van der Waals surface area contributed by atoms with Crippen molar-refractivity contribution >= 4 is 17.7 Å². The molecule has 0 bridgehead atoms. The third kappa shape index (κ3) is 4.73. The van der Waals surface area contributed by atoms with Gasteiger partial charge in [0.2, 0.25) is 0 Å². The molecular formula is C16H18N2O4. The lowest BCUT2D eigenvalue weighted by molar-refractivity contribution is -0.147. The van der Waals surface area contributed by atoms with E-state index in [1.807, 2.05) is 37.3 Å². The number of nitrogens with one attached hydrogen (secondary N) is 1. The van der Waals surface area contributed by atoms with E-state index in [-0.39, 0.29) is 18.9 Å². The van der Waals surface area contributed by atoms with Crippen LogP contribution in [0.25, 0.3) is 0 Å². The van der Waals surface area contributed by atoms with Gasteiger partial charge in [-0.25, -0.2) is 0 Å². The van der Waals surface area contributed by atoms with E-state index < -0.39 is 11.9 Å². The Morgan fingerprint density at radius 2 is 2.05 bits per heavy atom. The lowest BCUT2D eigenvalue weighted by atomic mass is 9.98. The molecule has 6 nitrogen and oxygen atoms in total. The van der Waals surface area contributed by atoms with Crippen molar-refractivity contribution in [2.24, 2.45) is 0 Å². The van der Waals surface area contributed by atoms with Gasteiger partial charge in [-0.1, -0.05) is 42.4 Å². The van der Waals surface area contributed by atoms with Crippen LogP contribution < -0.4 is 5.32 Å². The quantitative estimate of drug-likeness (QED) is 0.830. The fourth-order valence-corrected chi connectivity index (χ4v) is 1.96. The maximum absolute atomic E-state index is 11.8. The molecule has 1 atom stereocenters. The van der Waals surface area contributed by atoms with Crippen LogP contribution in [0.2, 0.25) is 0 Å². The Kier molecular flexibility index (Phi) is 5.30. The van der Waals surface area contributed by atoms with Crippen LogP contribution in [0, 0.1) is 6.92 Å². The molecule has 0 spiro atoms. The second kappa shape index (κ2) is 7.40. The molecule has 6 heteroatoms. The first-order valence-corrected chi connectivity index (χ1v) is 6.98. The van der Waals surface area contributed by atoms with Crippen molar-refractivity contribution in [3.8, 4) is 0 Å². The summed E-state index contributed by atoms with van der Waals surface area (Å²) < 4.78 is 9.79. The zero-order chi connectivity index (χ0) is 15.9. The maximum atomic E-state index is 11.8. The van der Waals surface area contributed by atoms with Crippen LogP contribution in [0.3, 0.4) is 0 Å². The van der Waals surface area contributed by atoms with Gasteiger partial charge in [-0.15, -0.1) is 0 Å². The predicted molar refractivity (Wildman–Crippen MR) is 80.3 cm³/mol. The number of esters is 1. The van der Waals surface area contributed by atoms with E-state index in [1.165, 1.54) is 0 Å². The van der Waals surface area contributed by atoms with Gasteiger partial charge < -0.3 is 14.6 Å². The average molecular weight is 302 g/mol. The summed E-state index contributed by atoms with van der Waals surface area (Å²) in [4.78, 5) is 23.4.